The van der Waals surface area contributed by atoms with E-state index in [1.165, 1.54) is 11.8 Å². The Hall–Kier alpha value is -0.620. The highest BCUT2D eigenvalue weighted by Crippen LogP contribution is 2.12. The van der Waals surface area contributed by atoms with Gasteiger partial charge in [0, 0.05) is 19.3 Å². The molecule has 0 aromatic heterocycles. The van der Waals surface area contributed by atoms with Gasteiger partial charge in [0.2, 0.25) is 5.91 Å². The summed E-state index contributed by atoms with van der Waals surface area (Å²) in [6.07, 6.45) is 1.07. The molecule has 82 valence electrons. The molecule has 0 aromatic carbocycles. The molecule has 0 radical (unpaired) electrons. The number of sulfone groups is 1. The Bertz CT molecular complexity index is 324. The summed E-state index contributed by atoms with van der Waals surface area (Å²) in [6.45, 7) is 2.07. The van der Waals surface area contributed by atoms with Crippen molar-refractivity contribution in [1.82, 2.24) is 4.90 Å². The molecule has 14 heavy (non-hydrogen) atoms. The predicted molar refractivity (Wildman–Crippen MR) is 51.5 cm³/mol. The summed E-state index contributed by atoms with van der Waals surface area (Å²) in [5, 5.41) is 8.18. The SMILES string of the molecule is CC(C(=O)N1CC[C@@H](O)C1)S(C)(=O)=O. The zero-order valence-corrected chi connectivity index (χ0v) is 9.12. The van der Waals surface area contributed by atoms with E-state index in [0.29, 0.717) is 13.0 Å². The van der Waals surface area contributed by atoms with Crippen molar-refractivity contribution < 1.29 is 18.3 Å². The molecule has 1 amide bonds. The van der Waals surface area contributed by atoms with E-state index < -0.39 is 27.1 Å². The van der Waals surface area contributed by atoms with Crippen molar-refractivity contribution in [3.63, 3.8) is 0 Å². The van der Waals surface area contributed by atoms with E-state index in [-0.39, 0.29) is 6.54 Å². The number of β-amino-alcohol motifs (C(OH)–C–C–N with tert-alkyl or cyclic N) is 1. The summed E-state index contributed by atoms with van der Waals surface area (Å²) in [6, 6.07) is 0. The number of amides is 1. The van der Waals surface area contributed by atoms with Crippen LogP contribution in [0.15, 0.2) is 0 Å². The van der Waals surface area contributed by atoms with E-state index in [9.17, 15) is 18.3 Å². The third-order valence-corrected chi connectivity index (χ3v) is 3.95. The normalized spacial score (nSPS) is 25.1. The first-order valence-electron chi connectivity index (χ1n) is 4.48. The van der Waals surface area contributed by atoms with E-state index >= 15 is 0 Å². The molecular weight excluding hydrogens is 206 g/mol. The van der Waals surface area contributed by atoms with Crippen LogP contribution in [0.4, 0.5) is 0 Å². The Morgan fingerprint density at radius 3 is 2.50 bits per heavy atom. The molecule has 0 aliphatic carbocycles. The summed E-state index contributed by atoms with van der Waals surface area (Å²) in [7, 11) is -3.33. The van der Waals surface area contributed by atoms with E-state index in [1.807, 2.05) is 0 Å². The van der Waals surface area contributed by atoms with Crippen LogP contribution >= 0.6 is 0 Å². The highest BCUT2D eigenvalue weighted by molar-refractivity contribution is 7.92. The maximum atomic E-state index is 11.6. The number of carbonyl (C=O) groups is 1. The minimum atomic E-state index is -3.33. The van der Waals surface area contributed by atoms with E-state index in [1.54, 1.807) is 0 Å². The van der Waals surface area contributed by atoms with Crippen LogP contribution in [0.2, 0.25) is 0 Å². The molecule has 6 heteroatoms. The first-order chi connectivity index (χ1) is 6.32. The Kier molecular flexibility index (Phi) is 3.16. The number of hydrogen-bond donors (Lipinski definition) is 1. The number of rotatable bonds is 2. The van der Waals surface area contributed by atoms with E-state index in [2.05, 4.69) is 0 Å². The van der Waals surface area contributed by atoms with Crippen LogP contribution in [-0.4, -0.2) is 55.0 Å². The molecule has 5 nitrogen and oxygen atoms in total. The minimum absolute atomic E-state index is 0.249. The number of nitrogens with zero attached hydrogens (tertiary/aromatic N) is 1. The van der Waals surface area contributed by atoms with Gasteiger partial charge in [0.25, 0.3) is 0 Å². The average Bonchev–Trinajstić information content (AvgIpc) is 2.47. The Labute approximate surface area is 83.6 Å². The fourth-order valence-electron chi connectivity index (χ4n) is 1.38. The summed E-state index contributed by atoms with van der Waals surface area (Å²) in [5.74, 6) is -0.413. The van der Waals surface area contributed by atoms with Crippen LogP contribution in [0.25, 0.3) is 0 Å². The van der Waals surface area contributed by atoms with Gasteiger partial charge in [-0.05, 0) is 13.3 Å². The van der Waals surface area contributed by atoms with Crippen LogP contribution in [0.5, 0.6) is 0 Å². The van der Waals surface area contributed by atoms with Gasteiger partial charge in [0.05, 0.1) is 6.10 Å². The van der Waals surface area contributed by atoms with Crippen molar-refractivity contribution in [2.45, 2.75) is 24.7 Å². The van der Waals surface area contributed by atoms with Crippen molar-refractivity contribution in [1.29, 1.82) is 0 Å². The third kappa shape index (κ3) is 2.45. The molecule has 0 spiro atoms. The van der Waals surface area contributed by atoms with Gasteiger partial charge in [-0.3, -0.25) is 4.79 Å². The quantitative estimate of drug-likeness (QED) is 0.650. The molecule has 0 aromatic rings. The summed E-state index contributed by atoms with van der Waals surface area (Å²) >= 11 is 0. The first kappa shape index (κ1) is 11.5. The molecule has 1 saturated heterocycles. The lowest BCUT2D eigenvalue weighted by molar-refractivity contribution is -0.129. The van der Waals surface area contributed by atoms with Crippen molar-refractivity contribution in [3.8, 4) is 0 Å². The molecular formula is C8H15NO4S. The lowest BCUT2D eigenvalue weighted by atomic mass is 10.3. The monoisotopic (exact) mass is 221 g/mol. The van der Waals surface area contributed by atoms with E-state index in [4.69, 9.17) is 0 Å². The number of hydrogen-bond acceptors (Lipinski definition) is 4. The molecule has 0 bridgehead atoms. The molecule has 1 rings (SSSR count). The molecule has 1 aliphatic heterocycles. The lowest BCUT2D eigenvalue weighted by Gasteiger charge is -2.19. The van der Waals surface area contributed by atoms with Gasteiger partial charge in [-0.25, -0.2) is 8.42 Å². The molecule has 0 saturated carbocycles. The number of carbonyl (C=O) groups excluding carboxylic acids is 1. The second-order valence-electron chi connectivity index (χ2n) is 3.70. The Morgan fingerprint density at radius 1 is 1.57 bits per heavy atom. The fraction of sp³-hybridized carbons (Fsp3) is 0.875. The Morgan fingerprint density at radius 2 is 2.14 bits per heavy atom. The van der Waals surface area contributed by atoms with Crippen LogP contribution in [0.1, 0.15) is 13.3 Å². The van der Waals surface area contributed by atoms with Gasteiger partial charge in [-0.2, -0.15) is 0 Å². The zero-order valence-electron chi connectivity index (χ0n) is 8.30. The molecule has 2 atom stereocenters. The molecule has 1 fully saturated rings. The maximum absolute atomic E-state index is 11.6. The second kappa shape index (κ2) is 3.86. The summed E-state index contributed by atoms with van der Waals surface area (Å²) < 4.78 is 22.2. The van der Waals surface area contributed by atoms with Gasteiger partial charge in [0.15, 0.2) is 9.84 Å². The summed E-state index contributed by atoms with van der Waals surface area (Å²) in [5.41, 5.74) is 0. The van der Waals surface area contributed by atoms with Gasteiger partial charge in [0.1, 0.15) is 5.25 Å². The fourth-order valence-corrected chi connectivity index (χ4v) is 1.90. The number of likely N-dealkylation sites (tertiary alicyclic amines) is 1. The van der Waals surface area contributed by atoms with Gasteiger partial charge >= 0.3 is 0 Å². The van der Waals surface area contributed by atoms with E-state index in [0.717, 1.165) is 6.26 Å². The summed E-state index contributed by atoms with van der Waals surface area (Å²) in [4.78, 5) is 13.0. The van der Waals surface area contributed by atoms with Crippen LogP contribution in [-0.2, 0) is 14.6 Å². The van der Waals surface area contributed by atoms with Crippen molar-refractivity contribution >= 4 is 15.7 Å². The minimum Gasteiger partial charge on any atom is -0.391 e. The second-order valence-corrected chi connectivity index (χ2v) is 6.06. The van der Waals surface area contributed by atoms with Gasteiger partial charge < -0.3 is 10.0 Å². The third-order valence-electron chi connectivity index (χ3n) is 2.47. The lowest BCUT2D eigenvalue weighted by Crippen LogP contribution is -2.40. The van der Waals surface area contributed by atoms with Crippen LogP contribution in [0.3, 0.4) is 0 Å². The number of aliphatic hydroxyl groups excluding tert-OH is 1. The smallest absolute Gasteiger partial charge is 0.240 e. The zero-order chi connectivity index (χ0) is 10.9. The largest absolute Gasteiger partial charge is 0.391 e. The molecule has 1 heterocycles. The Balaban J connectivity index is 2.67. The molecule has 1 aliphatic rings. The molecule has 1 unspecified atom stereocenters. The highest BCUT2D eigenvalue weighted by Gasteiger charge is 2.32. The predicted octanol–water partition coefficient (Wildman–Crippen LogP) is -0.987. The number of aliphatic hydroxyl groups is 1. The van der Waals surface area contributed by atoms with Crippen LogP contribution in [0, 0.1) is 0 Å². The van der Waals surface area contributed by atoms with Gasteiger partial charge in [-0.1, -0.05) is 0 Å². The van der Waals surface area contributed by atoms with Crippen molar-refractivity contribution in [2.75, 3.05) is 19.3 Å². The standard InChI is InChI=1S/C8H15NO4S/c1-6(14(2,12)13)8(11)9-4-3-7(10)5-9/h6-7,10H,3-5H2,1-2H3/t6?,7-/m1/s1. The van der Waals surface area contributed by atoms with Gasteiger partial charge in [-0.15, -0.1) is 0 Å². The topological polar surface area (TPSA) is 74.7 Å². The molecule has 1 N–H and O–H groups in total. The van der Waals surface area contributed by atoms with Crippen molar-refractivity contribution in [3.05, 3.63) is 0 Å². The highest BCUT2D eigenvalue weighted by atomic mass is 32.2. The van der Waals surface area contributed by atoms with Crippen molar-refractivity contribution in [2.24, 2.45) is 0 Å². The average molecular weight is 221 g/mol. The van der Waals surface area contributed by atoms with Crippen LogP contribution < -0.4 is 0 Å². The maximum Gasteiger partial charge on any atom is 0.240 e. The first-order valence-corrected chi connectivity index (χ1v) is 6.43.